The standard InChI is InChI=1S/C10H10BrF4N/c1-16(6-10(13,14)15)9-7(5-11)3-2-4-8(9)12/h2-4H,5-6H2,1H3. The Morgan fingerprint density at radius 3 is 2.44 bits per heavy atom. The van der Waals surface area contributed by atoms with Gasteiger partial charge in [0.25, 0.3) is 0 Å². The average molecular weight is 300 g/mol. The van der Waals surface area contributed by atoms with Crippen LogP contribution >= 0.6 is 15.9 Å². The van der Waals surface area contributed by atoms with E-state index in [4.69, 9.17) is 0 Å². The molecule has 0 radical (unpaired) electrons. The molecule has 0 aliphatic rings. The molecular weight excluding hydrogens is 290 g/mol. The van der Waals surface area contributed by atoms with Gasteiger partial charge in [0, 0.05) is 12.4 Å². The van der Waals surface area contributed by atoms with Crippen LogP contribution in [0, 0.1) is 5.82 Å². The molecule has 0 aliphatic heterocycles. The van der Waals surface area contributed by atoms with Gasteiger partial charge in [-0.3, -0.25) is 0 Å². The number of nitrogens with zero attached hydrogens (tertiary/aromatic N) is 1. The van der Waals surface area contributed by atoms with E-state index in [1.165, 1.54) is 13.1 Å². The number of rotatable bonds is 3. The van der Waals surface area contributed by atoms with Crippen LogP contribution in [0.25, 0.3) is 0 Å². The molecule has 0 fully saturated rings. The first-order valence-electron chi connectivity index (χ1n) is 4.46. The summed E-state index contributed by atoms with van der Waals surface area (Å²) >= 11 is 3.12. The monoisotopic (exact) mass is 299 g/mol. The lowest BCUT2D eigenvalue weighted by atomic mass is 10.2. The van der Waals surface area contributed by atoms with Gasteiger partial charge in [0.15, 0.2) is 0 Å². The molecule has 0 saturated heterocycles. The predicted molar refractivity (Wildman–Crippen MR) is 58.4 cm³/mol. The Bertz CT molecular complexity index is 364. The van der Waals surface area contributed by atoms with E-state index in [2.05, 4.69) is 15.9 Å². The fourth-order valence-electron chi connectivity index (χ4n) is 1.44. The van der Waals surface area contributed by atoms with Crippen LogP contribution in [-0.2, 0) is 5.33 Å². The Kier molecular flexibility index (Phi) is 4.18. The molecule has 0 amide bonds. The Morgan fingerprint density at radius 1 is 1.31 bits per heavy atom. The van der Waals surface area contributed by atoms with Gasteiger partial charge < -0.3 is 4.90 Å². The van der Waals surface area contributed by atoms with E-state index in [1.54, 1.807) is 6.07 Å². The first kappa shape index (κ1) is 13.3. The number of anilines is 1. The van der Waals surface area contributed by atoms with E-state index in [1.807, 2.05) is 0 Å². The molecule has 1 aromatic rings. The van der Waals surface area contributed by atoms with Crippen molar-refractivity contribution in [3.8, 4) is 0 Å². The van der Waals surface area contributed by atoms with E-state index in [0.29, 0.717) is 10.9 Å². The lowest BCUT2D eigenvalue weighted by Gasteiger charge is -2.23. The van der Waals surface area contributed by atoms with Crippen molar-refractivity contribution in [3.63, 3.8) is 0 Å². The molecule has 0 aliphatic carbocycles. The van der Waals surface area contributed by atoms with Crippen LogP contribution in [0.15, 0.2) is 18.2 Å². The zero-order valence-corrected chi connectivity index (χ0v) is 10.1. The molecule has 0 spiro atoms. The summed E-state index contributed by atoms with van der Waals surface area (Å²) in [5, 5.41) is 0.308. The number of alkyl halides is 4. The largest absolute Gasteiger partial charge is 0.405 e. The summed E-state index contributed by atoms with van der Waals surface area (Å²) in [7, 11) is 1.22. The topological polar surface area (TPSA) is 3.24 Å². The van der Waals surface area contributed by atoms with Crippen LogP contribution in [0.3, 0.4) is 0 Å². The number of halogens is 5. The van der Waals surface area contributed by atoms with Gasteiger partial charge in [0.1, 0.15) is 12.4 Å². The summed E-state index contributed by atoms with van der Waals surface area (Å²) in [6, 6.07) is 4.20. The highest BCUT2D eigenvalue weighted by atomic mass is 79.9. The van der Waals surface area contributed by atoms with Gasteiger partial charge >= 0.3 is 6.18 Å². The van der Waals surface area contributed by atoms with Crippen molar-refractivity contribution in [2.75, 3.05) is 18.5 Å². The molecule has 16 heavy (non-hydrogen) atoms. The minimum absolute atomic E-state index is 0.0169. The Morgan fingerprint density at radius 2 is 1.94 bits per heavy atom. The fourth-order valence-corrected chi connectivity index (χ4v) is 1.90. The van der Waals surface area contributed by atoms with Crippen LogP contribution in [0.4, 0.5) is 23.2 Å². The van der Waals surface area contributed by atoms with Crippen molar-refractivity contribution in [3.05, 3.63) is 29.6 Å². The van der Waals surface area contributed by atoms with Gasteiger partial charge in [-0.15, -0.1) is 0 Å². The van der Waals surface area contributed by atoms with Crippen molar-refractivity contribution >= 4 is 21.6 Å². The smallest absolute Gasteiger partial charge is 0.363 e. The quantitative estimate of drug-likeness (QED) is 0.607. The van der Waals surface area contributed by atoms with E-state index in [0.717, 1.165) is 11.0 Å². The maximum atomic E-state index is 13.4. The van der Waals surface area contributed by atoms with Gasteiger partial charge in [-0.2, -0.15) is 13.2 Å². The third-order valence-electron chi connectivity index (χ3n) is 2.01. The first-order chi connectivity index (χ1) is 7.35. The minimum atomic E-state index is -4.35. The number of para-hydroxylation sites is 1. The molecule has 0 aromatic heterocycles. The maximum Gasteiger partial charge on any atom is 0.405 e. The molecule has 90 valence electrons. The fraction of sp³-hybridized carbons (Fsp3) is 0.400. The third kappa shape index (κ3) is 3.37. The molecule has 1 rings (SSSR count). The highest BCUT2D eigenvalue weighted by Crippen LogP contribution is 2.28. The first-order valence-corrected chi connectivity index (χ1v) is 5.58. The molecule has 0 saturated carbocycles. The summed E-state index contributed by atoms with van der Waals surface area (Å²) in [5.74, 6) is -0.649. The second-order valence-electron chi connectivity index (χ2n) is 3.35. The lowest BCUT2D eigenvalue weighted by molar-refractivity contribution is -0.119. The zero-order chi connectivity index (χ0) is 12.3. The second-order valence-corrected chi connectivity index (χ2v) is 3.91. The minimum Gasteiger partial charge on any atom is -0.363 e. The van der Waals surface area contributed by atoms with Crippen molar-refractivity contribution in [2.24, 2.45) is 0 Å². The Hall–Kier alpha value is -0.780. The summed E-state index contributed by atoms with van der Waals surface area (Å²) in [6.45, 7) is -1.17. The van der Waals surface area contributed by atoms with Gasteiger partial charge in [0.05, 0.1) is 5.69 Å². The van der Waals surface area contributed by atoms with E-state index in [9.17, 15) is 17.6 Å². The predicted octanol–water partition coefficient (Wildman–Crippen LogP) is 3.72. The highest BCUT2D eigenvalue weighted by Gasteiger charge is 2.30. The summed E-state index contributed by atoms with van der Waals surface area (Å²) in [6.07, 6.45) is -4.35. The van der Waals surface area contributed by atoms with Gasteiger partial charge in [0.2, 0.25) is 0 Å². The van der Waals surface area contributed by atoms with Crippen LogP contribution in [-0.4, -0.2) is 19.8 Å². The average Bonchev–Trinajstić information content (AvgIpc) is 2.14. The van der Waals surface area contributed by atoms with Crippen molar-refractivity contribution in [1.29, 1.82) is 0 Å². The SMILES string of the molecule is CN(CC(F)(F)F)c1c(F)cccc1CBr. The van der Waals surface area contributed by atoms with Crippen LogP contribution in [0.1, 0.15) is 5.56 Å². The van der Waals surface area contributed by atoms with Crippen LogP contribution in [0.5, 0.6) is 0 Å². The number of benzene rings is 1. The number of hydrogen-bond donors (Lipinski definition) is 0. The molecule has 0 N–H and O–H groups in total. The molecule has 1 nitrogen and oxygen atoms in total. The second kappa shape index (κ2) is 5.03. The Balaban J connectivity index is 3.02. The van der Waals surface area contributed by atoms with Crippen LogP contribution in [0.2, 0.25) is 0 Å². The molecule has 6 heteroatoms. The summed E-state index contributed by atoms with van der Waals surface area (Å²) in [4.78, 5) is 0.867. The van der Waals surface area contributed by atoms with Gasteiger partial charge in [-0.05, 0) is 11.6 Å². The van der Waals surface area contributed by atoms with E-state index < -0.39 is 18.5 Å². The third-order valence-corrected chi connectivity index (χ3v) is 2.62. The maximum absolute atomic E-state index is 13.4. The molecule has 0 unspecified atom stereocenters. The van der Waals surface area contributed by atoms with Gasteiger partial charge in [-0.25, -0.2) is 4.39 Å². The summed E-state index contributed by atoms with van der Waals surface area (Å²) in [5.41, 5.74) is 0.475. The molecule has 1 aromatic carbocycles. The van der Waals surface area contributed by atoms with Crippen molar-refractivity contribution in [1.82, 2.24) is 0 Å². The van der Waals surface area contributed by atoms with Crippen molar-refractivity contribution < 1.29 is 17.6 Å². The molecule has 0 atom stereocenters. The van der Waals surface area contributed by atoms with E-state index in [-0.39, 0.29) is 5.69 Å². The lowest BCUT2D eigenvalue weighted by Crippen LogP contribution is -2.32. The van der Waals surface area contributed by atoms with Gasteiger partial charge in [-0.1, -0.05) is 28.1 Å². The summed E-state index contributed by atoms with van der Waals surface area (Å²) < 4.78 is 50.0. The Labute approximate surface area is 99.2 Å². The molecule has 0 bridgehead atoms. The molecular formula is C10H10BrF4N. The highest BCUT2D eigenvalue weighted by molar-refractivity contribution is 9.08. The number of hydrogen-bond acceptors (Lipinski definition) is 1. The molecule has 0 heterocycles. The normalized spacial score (nSPS) is 11.6. The van der Waals surface area contributed by atoms with Crippen LogP contribution < -0.4 is 4.90 Å². The van der Waals surface area contributed by atoms with E-state index >= 15 is 0 Å². The zero-order valence-electron chi connectivity index (χ0n) is 8.48. The van der Waals surface area contributed by atoms with Crippen molar-refractivity contribution in [2.45, 2.75) is 11.5 Å².